The summed E-state index contributed by atoms with van der Waals surface area (Å²) in [6.07, 6.45) is 3.25. The highest BCUT2D eigenvalue weighted by Gasteiger charge is 2.14. The minimum atomic E-state index is -0.305. The zero-order valence-electron chi connectivity index (χ0n) is 20.4. The van der Waals surface area contributed by atoms with Gasteiger partial charge in [0.15, 0.2) is 11.5 Å². The minimum absolute atomic E-state index is 0.143. The molecular weight excluding hydrogens is 489 g/mol. The van der Waals surface area contributed by atoms with Crippen LogP contribution in [0.2, 0.25) is 5.02 Å². The van der Waals surface area contributed by atoms with E-state index in [0.717, 1.165) is 18.2 Å². The molecule has 35 heavy (non-hydrogen) atoms. The van der Waals surface area contributed by atoms with Crippen LogP contribution < -0.4 is 24.8 Å². The molecule has 0 atom stereocenters. The van der Waals surface area contributed by atoms with E-state index >= 15 is 0 Å². The first-order valence-corrected chi connectivity index (χ1v) is 12.3. The Morgan fingerprint density at radius 3 is 2.57 bits per heavy atom. The first-order chi connectivity index (χ1) is 16.7. The highest BCUT2D eigenvalue weighted by atomic mass is 35.5. The molecule has 3 aromatic rings. The molecule has 2 amide bonds. The molecule has 0 aliphatic heterocycles. The predicted molar refractivity (Wildman–Crippen MR) is 142 cm³/mol. The van der Waals surface area contributed by atoms with E-state index in [9.17, 15) is 4.79 Å². The van der Waals surface area contributed by atoms with Gasteiger partial charge in [0.25, 0.3) is 0 Å². The average molecular weight is 520 g/mol. The molecule has 0 radical (unpaired) electrons. The van der Waals surface area contributed by atoms with Crippen LogP contribution in [0.25, 0.3) is 10.9 Å². The van der Waals surface area contributed by atoms with E-state index in [1.807, 2.05) is 12.1 Å². The Kier molecular flexibility index (Phi) is 9.29. The molecule has 1 aromatic heterocycles. The van der Waals surface area contributed by atoms with Gasteiger partial charge in [-0.25, -0.2) is 4.79 Å². The SMILES string of the molecule is COc1cc2c(Oc3ccc(NC(=O)NCCC(C)(C)C)c(Cl)c3)ccnc2cc1OCCCCl. The summed E-state index contributed by atoms with van der Waals surface area (Å²) in [6.45, 7) is 7.43. The summed E-state index contributed by atoms with van der Waals surface area (Å²) in [5.74, 6) is 2.78. The van der Waals surface area contributed by atoms with Gasteiger partial charge in [-0.15, -0.1) is 11.6 Å². The van der Waals surface area contributed by atoms with Gasteiger partial charge >= 0.3 is 6.03 Å². The Bertz CT molecular complexity index is 1170. The van der Waals surface area contributed by atoms with Gasteiger partial charge in [0, 0.05) is 36.1 Å². The lowest BCUT2D eigenvalue weighted by molar-refractivity contribution is 0.250. The molecule has 0 bridgehead atoms. The van der Waals surface area contributed by atoms with Gasteiger partial charge in [-0.05, 0) is 42.5 Å². The quantitative estimate of drug-likeness (QED) is 0.217. The normalized spacial score (nSPS) is 11.3. The van der Waals surface area contributed by atoms with Gasteiger partial charge in [-0.2, -0.15) is 0 Å². The van der Waals surface area contributed by atoms with Gasteiger partial charge in [-0.1, -0.05) is 32.4 Å². The summed E-state index contributed by atoms with van der Waals surface area (Å²) < 4.78 is 17.4. The number of halogens is 2. The summed E-state index contributed by atoms with van der Waals surface area (Å²) in [5.41, 5.74) is 1.33. The topological polar surface area (TPSA) is 81.7 Å². The van der Waals surface area contributed by atoms with Gasteiger partial charge < -0.3 is 24.8 Å². The van der Waals surface area contributed by atoms with Crippen molar-refractivity contribution in [1.29, 1.82) is 0 Å². The number of aromatic nitrogens is 1. The third-order valence-electron chi connectivity index (χ3n) is 5.10. The Hall–Kier alpha value is -2.90. The van der Waals surface area contributed by atoms with Gasteiger partial charge in [0.1, 0.15) is 11.5 Å². The average Bonchev–Trinajstić information content (AvgIpc) is 2.80. The molecular formula is C26H31Cl2N3O4. The number of amides is 2. The lowest BCUT2D eigenvalue weighted by Crippen LogP contribution is -2.31. The molecule has 9 heteroatoms. The van der Waals surface area contributed by atoms with Crippen LogP contribution in [0.5, 0.6) is 23.0 Å². The largest absolute Gasteiger partial charge is 0.493 e. The fraction of sp³-hybridized carbons (Fsp3) is 0.385. The van der Waals surface area contributed by atoms with Crippen LogP contribution in [0.4, 0.5) is 10.5 Å². The van der Waals surface area contributed by atoms with Crippen molar-refractivity contribution in [2.45, 2.75) is 33.6 Å². The third-order valence-corrected chi connectivity index (χ3v) is 5.68. The first kappa shape index (κ1) is 26.7. The van der Waals surface area contributed by atoms with Crippen LogP contribution in [0, 0.1) is 5.41 Å². The number of hydrogen-bond acceptors (Lipinski definition) is 5. The van der Waals surface area contributed by atoms with E-state index < -0.39 is 0 Å². The number of benzene rings is 2. The number of rotatable bonds is 10. The van der Waals surface area contributed by atoms with E-state index in [4.69, 9.17) is 37.4 Å². The van der Waals surface area contributed by atoms with Crippen molar-refractivity contribution in [3.63, 3.8) is 0 Å². The third kappa shape index (κ3) is 7.80. The highest BCUT2D eigenvalue weighted by molar-refractivity contribution is 6.33. The minimum Gasteiger partial charge on any atom is -0.493 e. The van der Waals surface area contributed by atoms with E-state index in [-0.39, 0.29) is 11.4 Å². The van der Waals surface area contributed by atoms with Crippen LogP contribution in [0.15, 0.2) is 42.6 Å². The Morgan fingerprint density at radius 1 is 1.09 bits per heavy atom. The van der Waals surface area contributed by atoms with Crippen LogP contribution in [0.1, 0.15) is 33.6 Å². The molecule has 2 aromatic carbocycles. The van der Waals surface area contributed by atoms with Crippen LogP contribution >= 0.6 is 23.2 Å². The van der Waals surface area contributed by atoms with Crippen molar-refractivity contribution in [2.24, 2.45) is 5.41 Å². The number of nitrogens with one attached hydrogen (secondary N) is 2. The summed E-state index contributed by atoms with van der Waals surface area (Å²) in [6, 6.07) is 10.2. The van der Waals surface area contributed by atoms with E-state index in [0.29, 0.717) is 58.3 Å². The zero-order valence-corrected chi connectivity index (χ0v) is 21.9. The summed E-state index contributed by atoms with van der Waals surface area (Å²) >= 11 is 12.2. The van der Waals surface area contributed by atoms with Gasteiger partial charge in [0.05, 0.1) is 29.9 Å². The number of anilines is 1. The number of pyridine rings is 1. The summed E-state index contributed by atoms with van der Waals surface area (Å²) in [4.78, 5) is 16.6. The Balaban J connectivity index is 1.73. The first-order valence-electron chi connectivity index (χ1n) is 11.4. The molecule has 3 rings (SSSR count). The van der Waals surface area contributed by atoms with Crippen molar-refractivity contribution < 1.29 is 19.0 Å². The molecule has 0 saturated carbocycles. The van der Waals surface area contributed by atoms with Crippen LogP contribution in [0.3, 0.4) is 0 Å². The summed E-state index contributed by atoms with van der Waals surface area (Å²) in [5, 5.41) is 6.73. The van der Waals surface area contributed by atoms with Crippen molar-refractivity contribution in [2.75, 3.05) is 31.5 Å². The van der Waals surface area contributed by atoms with Crippen LogP contribution in [-0.2, 0) is 0 Å². The molecule has 0 unspecified atom stereocenters. The zero-order chi connectivity index (χ0) is 25.4. The van der Waals surface area contributed by atoms with Gasteiger partial charge in [0.2, 0.25) is 0 Å². The maximum Gasteiger partial charge on any atom is 0.319 e. The molecule has 188 valence electrons. The number of methoxy groups -OCH3 is 1. The molecule has 2 N–H and O–H groups in total. The summed E-state index contributed by atoms with van der Waals surface area (Å²) in [7, 11) is 1.58. The van der Waals surface area contributed by atoms with Crippen molar-refractivity contribution >= 4 is 45.8 Å². The number of nitrogens with zero attached hydrogens (tertiary/aromatic N) is 1. The number of alkyl halides is 1. The highest BCUT2D eigenvalue weighted by Crippen LogP contribution is 2.38. The number of ether oxygens (including phenoxy) is 3. The molecule has 0 saturated heterocycles. The number of hydrogen-bond donors (Lipinski definition) is 2. The molecule has 0 spiro atoms. The van der Waals surface area contributed by atoms with E-state index in [1.165, 1.54) is 0 Å². The second kappa shape index (κ2) is 12.2. The molecule has 0 aliphatic rings. The number of carbonyl (C=O) groups excluding carboxylic acids is 1. The Labute approximate surface area is 216 Å². The smallest absolute Gasteiger partial charge is 0.319 e. The number of fused-ring (bicyclic) bond motifs is 1. The second-order valence-corrected chi connectivity index (χ2v) is 9.94. The van der Waals surface area contributed by atoms with E-state index in [2.05, 4.69) is 36.4 Å². The molecule has 0 fully saturated rings. The maximum absolute atomic E-state index is 12.2. The fourth-order valence-electron chi connectivity index (χ4n) is 3.23. The second-order valence-electron chi connectivity index (χ2n) is 9.16. The predicted octanol–water partition coefficient (Wildman–Crippen LogP) is 7.25. The number of urea groups is 1. The maximum atomic E-state index is 12.2. The van der Waals surface area contributed by atoms with Crippen LogP contribution in [-0.4, -0.2) is 37.2 Å². The Morgan fingerprint density at radius 2 is 1.89 bits per heavy atom. The molecule has 0 aliphatic carbocycles. The fourth-order valence-corrected chi connectivity index (χ4v) is 3.56. The van der Waals surface area contributed by atoms with Crippen molar-refractivity contribution in [3.05, 3.63) is 47.6 Å². The molecule has 1 heterocycles. The monoisotopic (exact) mass is 519 g/mol. The standard InChI is InChI=1S/C26H31Cl2N3O4/c1-26(2,3)9-12-30-25(32)31-20-7-6-17(14-19(20)28)35-22-8-11-29-21-16-24(34-13-5-10-27)23(33-4)15-18(21)22/h6-8,11,14-16H,5,9-10,12-13H2,1-4H3,(H2,30,31,32). The van der Waals surface area contributed by atoms with Crippen molar-refractivity contribution in [1.82, 2.24) is 10.3 Å². The van der Waals surface area contributed by atoms with E-state index in [1.54, 1.807) is 37.6 Å². The number of carbonyl (C=O) groups is 1. The molecule has 7 nitrogen and oxygen atoms in total. The lowest BCUT2D eigenvalue weighted by atomic mass is 9.92. The lowest BCUT2D eigenvalue weighted by Gasteiger charge is -2.18. The van der Waals surface area contributed by atoms with Crippen molar-refractivity contribution in [3.8, 4) is 23.0 Å². The van der Waals surface area contributed by atoms with Gasteiger partial charge in [-0.3, -0.25) is 4.98 Å².